The first-order chi connectivity index (χ1) is 3.85. The van der Waals surface area contributed by atoms with Gasteiger partial charge in [0.15, 0.2) is 0 Å². The Bertz CT molecular complexity index is 112. The molecule has 0 saturated carbocycles. The van der Waals surface area contributed by atoms with Crippen molar-refractivity contribution in [2.45, 2.75) is 6.92 Å². The zero-order valence-electron chi connectivity index (χ0n) is 5.05. The van der Waals surface area contributed by atoms with Crippen LogP contribution in [0.4, 0.5) is 0 Å². The van der Waals surface area contributed by atoms with Gasteiger partial charge >= 0.3 is 0 Å². The van der Waals surface area contributed by atoms with Crippen molar-refractivity contribution in [3.05, 3.63) is 37.3 Å². The normalized spacial score (nSPS) is 10.4. The molecular weight excluding hydrogens is 100 g/mol. The molecule has 0 amide bonds. The highest BCUT2D eigenvalue weighted by Gasteiger charge is 1.80. The fourth-order valence-electron chi connectivity index (χ4n) is 0.330. The topological polar surface area (TPSA) is 9.23 Å². The van der Waals surface area contributed by atoms with Gasteiger partial charge in [-0.05, 0) is 19.1 Å². The van der Waals surface area contributed by atoms with Crippen LogP contribution in [0.1, 0.15) is 6.92 Å². The van der Waals surface area contributed by atoms with Crippen LogP contribution in [-0.2, 0) is 4.74 Å². The molecule has 8 heavy (non-hydrogen) atoms. The quantitative estimate of drug-likeness (QED) is 0.400. The third-order valence-electron chi connectivity index (χ3n) is 0.705. The lowest BCUT2D eigenvalue weighted by atomic mass is 10.5. The van der Waals surface area contributed by atoms with Gasteiger partial charge in [0.25, 0.3) is 0 Å². The average molecular weight is 110 g/mol. The summed E-state index contributed by atoms with van der Waals surface area (Å²) < 4.78 is 4.85. The van der Waals surface area contributed by atoms with Gasteiger partial charge in [0.2, 0.25) is 0 Å². The molecule has 44 valence electrons. The van der Waals surface area contributed by atoms with Crippen molar-refractivity contribution in [1.82, 2.24) is 0 Å². The van der Waals surface area contributed by atoms with E-state index in [1.54, 1.807) is 6.08 Å². The lowest BCUT2D eigenvalue weighted by Crippen LogP contribution is -1.75. The molecular formula is C7H10O. The molecule has 0 fully saturated rings. The Morgan fingerprint density at radius 3 is 2.25 bits per heavy atom. The van der Waals surface area contributed by atoms with Gasteiger partial charge in [-0.1, -0.05) is 13.2 Å². The van der Waals surface area contributed by atoms with E-state index < -0.39 is 0 Å². The van der Waals surface area contributed by atoms with Crippen molar-refractivity contribution in [1.29, 1.82) is 0 Å². The predicted molar refractivity (Wildman–Crippen MR) is 35.2 cm³/mol. The van der Waals surface area contributed by atoms with Crippen molar-refractivity contribution in [2.24, 2.45) is 0 Å². The fraction of sp³-hybridized carbons (Fsp3) is 0.143. The van der Waals surface area contributed by atoms with E-state index in [0.717, 1.165) is 5.76 Å². The largest absolute Gasteiger partial charge is 0.466 e. The fourth-order valence-corrected chi connectivity index (χ4v) is 0.330. The summed E-state index contributed by atoms with van der Waals surface area (Å²) in [6, 6.07) is 0. The van der Waals surface area contributed by atoms with E-state index in [9.17, 15) is 0 Å². The van der Waals surface area contributed by atoms with E-state index in [0.29, 0.717) is 0 Å². The lowest BCUT2D eigenvalue weighted by Gasteiger charge is -1.94. The second-order valence-electron chi connectivity index (χ2n) is 1.18. The second kappa shape index (κ2) is 4.19. The van der Waals surface area contributed by atoms with Gasteiger partial charge in [0, 0.05) is 0 Å². The van der Waals surface area contributed by atoms with Crippen molar-refractivity contribution in [3.63, 3.8) is 0 Å². The van der Waals surface area contributed by atoms with Crippen molar-refractivity contribution in [2.75, 3.05) is 0 Å². The van der Waals surface area contributed by atoms with E-state index in [4.69, 9.17) is 4.74 Å². The van der Waals surface area contributed by atoms with Crippen molar-refractivity contribution >= 4 is 0 Å². The summed E-state index contributed by atoms with van der Waals surface area (Å²) in [5, 5.41) is 0. The zero-order chi connectivity index (χ0) is 6.41. The summed E-state index contributed by atoms with van der Waals surface area (Å²) in [5.74, 6) is 0.736. The minimum absolute atomic E-state index is 0.736. The number of ether oxygens (including phenoxy) is 1. The Morgan fingerprint density at radius 1 is 1.50 bits per heavy atom. The highest BCUT2D eigenvalue weighted by Crippen LogP contribution is 1.95. The Balaban J connectivity index is 3.71. The maximum atomic E-state index is 4.85. The molecule has 0 heterocycles. The van der Waals surface area contributed by atoms with Gasteiger partial charge in [-0.3, -0.25) is 0 Å². The molecule has 0 aliphatic rings. The highest BCUT2D eigenvalue weighted by molar-refractivity contribution is 5.07. The summed E-state index contributed by atoms with van der Waals surface area (Å²) >= 11 is 0. The van der Waals surface area contributed by atoms with Crippen LogP contribution in [0.15, 0.2) is 37.3 Å². The van der Waals surface area contributed by atoms with Gasteiger partial charge in [0.05, 0.1) is 6.26 Å². The van der Waals surface area contributed by atoms with Gasteiger partial charge < -0.3 is 4.74 Å². The zero-order valence-corrected chi connectivity index (χ0v) is 5.05. The summed E-state index contributed by atoms with van der Waals surface area (Å²) in [5.41, 5.74) is 0. The number of hydrogen-bond donors (Lipinski definition) is 0. The van der Waals surface area contributed by atoms with Crippen LogP contribution in [0.3, 0.4) is 0 Å². The van der Waals surface area contributed by atoms with Gasteiger partial charge in [-0.15, -0.1) is 0 Å². The minimum Gasteiger partial charge on any atom is -0.466 e. The van der Waals surface area contributed by atoms with Gasteiger partial charge in [-0.25, -0.2) is 0 Å². The molecule has 0 bridgehead atoms. The number of rotatable bonds is 3. The standard InChI is InChI=1S/C7H10O/c1-4-7(5-2)8-6-3/h4-6H,1,3H2,2H3/b7-5-. The molecule has 0 saturated heterocycles. The minimum atomic E-state index is 0.736. The monoisotopic (exact) mass is 110 g/mol. The third-order valence-corrected chi connectivity index (χ3v) is 0.705. The predicted octanol–water partition coefficient (Wildman–Crippen LogP) is 2.24. The lowest BCUT2D eigenvalue weighted by molar-refractivity contribution is 0.369. The molecule has 1 nitrogen and oxygen atoms in total. The summed E-state index contributed by atoms with van der Waals surface area (Å²) in [7, 11) is 0. The van der Waals surface area contributed by atoms with Crippen LogP contribution in [0.25, 0.3) is 0 Å². The third kappa shape index (κ3) is 2.24. The summed E-state index contributed by atoms with van der Waals surface area (Å²) in [6.45, 7) is 8.77. The van der Waals surface area contributed by atoms with E-state index >= 15 is 0 Å². The molecule has 0 aromatic carbocycles. The molecule has 0 unspecified atom stereocenters. The van der Waals surface area contributed by atoms with Crippen LogP contribution in [-0.4, -0.2) is 0 Å². The van der Waals surface area contributed by atoms with Crippen LogP contribution >= 0.6 is 0 Å². The second-order valence-corrected chi connectivity index (χ2v) is 1.18. The molecule has 0 rings (SSSR count). The SMILES string of the molecule is C=CO/C(C=C)=C\C. The Kier molecular flexibility index (Phi) is 3.67. The van der Waals surface area contributed by atoms with E-state index in [-0.39, 0.29) is 0 Å². The highest BCUT2D eigenvalue weighted by atomic mass is 16.5. The Morgan fingerprint density at radius 2 is 2.12 bits per heavy atom. The first kappa shape index (κ1) is 7.02. The molecule has 0 spiro atoms. The molecule has 0 aromatic heterocycles. The Labute approximate surface area is 50.0 Å². The van der Waals surface area contributed by atoms with Gasteiger partial charge in [0.1, 0.15) is 5.76 Å². The first-order valence-corrected chi connectivity index (χ1v) is 2.41. The molecule has 0 aliphatic carbocycles. The maximum absolute atomic E-state index is 4.85. The van der Waals surface area contributed by atoms with Crippen LogP contribution < -0.4 is 0 Å². The molecule has 0 atom stereocenters. The van der Waals surface area contributed by atoms with E-state index in [1.165, 1.54) is 6.26 Å². The van der Waals surface area contributed by atoms with Crippen LogP contribution in [0, 0.1) is 0 Å². The molecule has 0 radical (unpaired) electrons. The molecule has 0 N–H and O–H groups in total. The smallest absolute Gasteiger partial charge is 0.121 e. The molecule has 0 aromatic rings. The summed E-state index contributed by atoms with van der Waals surface area (Å²) in [6.07, 6.45) is 4.81. The number of allylic oxidation sites excluding steroid dienone is 2. The average Bonchev–Trinajstić information content (AvgIpc) is 1.83. The number of hydrogen-bond acceptors (Lipinski definition) is 1. The van der Waals surface area contributed by atoms with Crippen LogP contribution in [0.2, 0.25) is 0 Å². The Hall–Kier alpha value is -0.980. The van der Waals surface area contributed by atoms with Crippen LogP contribution in [0.5, 0.6) is 0 Å². The van der Waals surface area contributed by atoms with Gasteiger partial charge in [-0.2, -0.15) is 0 Å². The molecule has 0 aliphatic heterocycles. The first-order valence-electron chi connectivity index (χ1n) is 2.41. The maximum Gasteiger partial charge on any atom is 0.121 e. The van der Waals surface area contributed by atoms with Crippen molar-refractivity contribution in [3.8, 4) is 0 Å². The molecule has 1 heteroatoms. The van der Waals surface area contributed by atoms with E-state index in [2.05, 4.69) is 13.2 Å². The van der Waals surface area contributed by atoms with E-state index in [1.807, 2.05) is 13.0 Å². The summed E-state index contributed by atoms with van der Waals surface area (Å²) in [4.78, 5) is 0. The van der Waals surface area contributed by atoms with Crippen molar-refractivity contribution < 1.29 is 4.74 Å².